The molecule has 0 unspecified atom stereocenters. The lowest BCUT2D eigenvalue weighted by Gasteiger charge is -2.33. The number of amides is 1. The van der Waals surface area contributed by atoms with E-state index in [1.807, 2.05) is 30.3 Å². The summed E-state index contributed by atoms with van der Waals surface area (Å²) in [7, 11) is 1.56. The molecule has 12 nitrogen and oxygen atoms in total. The summed E-state index contributed by atoms with van der Waals surface area (Å²) < 4.78 is 16.7. The number of carbonyl (C=O) groups is 2. The van der Waals surface area contributed by atoms with Crippen molar-refractivity contribution < 1.29 is 23.8 Å². The monoisotopic (exact) mass is 617 g/mol. The minimum atomic E-state index is -1.05. The number of aromatic nitrogens is 3. The van der Waals surface area contributed by atoms with Crippen LogP contribution < -0.4 is 25.6 Å². The molecule has 1 atom stereocenters. The number of hydrogen-bond donors (Lipinski definition) is 3. The Hall–Kier alpha value is -4.61. The number of fused-ring (bicyclic) bond motifs is 1. The normalized spacial score (nSPS) is 15.7. The largest absolute Gasteiger partial charge is 0.490 e. The zero-order valence-electron chi connectivity index (χ0n) is 26.5. The summed E-state index contributed by atoms with van der Waals surface area (Å²) in [6.07, 6.45) is 4.80. The predicted molar refractivity (Wildman–Crippen MR) is 172 cm³/mol. The van der Waals surface area contributed by atoms with Gasteiger partial charge in [0.15, 0.2) is 11.6 Å². The van der Waals surface area contributed by atoms with E-state index in [4.69, 9.17) is 19.2 Å². The maximum absolute atomic E-state index is 13.1. The van der Waals surface area contributed by atoms with Gasteiger partial charge in [-0.05, 0) is 63.6 Å². The number of rotatable bonds is 10. The molecule has 240 valence electrons. The van der Waals surface area contributed by atoms with Crippen molar-refractivity contribution in [1.29, 1.82) is 0 Å². The van der Waals surface area contributed by atoms with E-state index in [0.29, 0.717) is 23.3 Å². The van der Waals surface area contributed by atoms with Crippen molar-refractivity contribution in [3.63, 3.8) is 0 Å². The molecule has 2 aliphatic heterocycles. The summed E-state index contributed by atoms with van der Waals surface area (Å²) >= 11 is 0. The molecule has 0 spiro atoms. The van der Waals surface area contributed by atoms with Crippen LogP contribution in [0.15, 0.2) is 48.8 Å². The molecule has 45 heavy (non-hydrogen) atoms. The van der Waals surface area contributed by atoms with Crippen molar-refractivity contribution in [2.24, 2.45) is 0 Å². The van der Waals surface area contributed by atoms with Crippen LogP contribution in [0.5, 0.6) is 5.75 Å². The van der Waals surface area contributed by atoms with Crippen LogP contribution in [0.1, 0.15) is 62.8 Å². The number of nitrogens with one attached hydrogen (secondary N) is 3. The van der Waals surface area contributed by atoms with Crippen LogP contribution in [-0.4, -0.2) is 71.9 Å². The highest BCUT2D eigenvalue weighted by molar-refractivity contribution is 5.82. The average Bonchev–Trinajstić information content (AvgIpc) is 3.05. The summed E-state index contributed by atoms with van der Waals surface area (Å²) in [6, 6.07) is 12.6. The first-order chi connectivity index (χ1) is 21.7. The highest BCUT2D eigenvalue weighted by Crippen LogP contribution is 2.36. The van der Waals surface area contributed by atoms with Gasteiger partial charge in [-0.1, -0.05) is 36.4 Å². The van der Waals surface area contributed by atoms with Crippen molar-refractivity contribution in [3.05, 3.63) is 65.6 Å². The van der Waals surface area contributed by atoms with Crippen LogP contribution in [0.25, 0.3) is 0 Å². The van der Waals surface area contributed by atoms with Gasteiger partial charge in [0.05, 0.1) is 7.11 Å². The molecule has 0 aliphatic carbocycles. The number of carbonyl (C=O) groups excluding carboxylic acids is 2. The third kappa shape index (κ3) is 8.52. The Morgan fingerprint density at radius 2 is 1.87 bits per heavy atom. The van der Waals surface area contributed by atoms with Crippen LogP contribution >= 0.6 is 0 Å². The molecule has 5 rings (SSSR count). The molecule has 0 radical (unpaired) electrons. The molecule has 4 heterocycles. The van der Waals surface area contributed by atoms with Gasteiger partial charge in [0.2, 0.25) is 5.75 Å². The fourth-order valence-electron chi connectivity index (χ4n) is 5.53. The minimum Gasteiger partial charge on any atom is -0.490 e. The summed E-state index contributed by atoms with van der Waals surface area (Å²) in [5.74, 6) is 2.31. The van der Waals surface area contributed by atoms with E-state index >= 15 is 0 Å². The molecular formula is C33H43N7O5. The number of methoxy groups -OCH3 is 1. The molecule has 3 aromatic rings. The molecular weight excluding hydrogens is 574 g/mol. The number of hydrogen-bond acceptors (Lipinski definition) is 11. The number of esters is 1. The maximum Gasteiger partial charge on any atom is 0.408 e. The number of piperidine rings is 1. The van der Waals surface area contributed by atoms with Crippen molar-refractivity contribution >= 4 is 29.5 Å². The Morgan fingerprint density at radius 3 is 2.60 bits per heavy atom. The number of alkyl carbamates (subject to hydrolysis) is 1. The van der Waals surface area contributed by atoms with Crippen LogP contribution in [0, 0.1) is 0 Å². The van der Waals surface area contributed by atoms with Crippen LogP contribution in [0.2, 0.25) is 0 Å². The molecule has 0 saturated carbocycles. The Kier molecular flexibility index (Phi) is 10.2. The lowest BCUT2D eigenvalue weighted by molar-refractivity contribution is -0.156. The lowest BCUT2D eigenvalue weighted by atomic mass is 9.92. The molecule has 1 aromatic carbocycles. The number of anilines is 3. The Morgan fingerprint density at radius 1 is 1.09 bits per heavy atom. The van der Waals surface area contributed by atoms with Gasteiger partial charge >= 0.3 is 12.1 Å². The van der Waals surface area contributed by atoms with Crippen LogP contribution in [-0.2, 0) is 27.3 Å². The quantitative estimate of drug-likeness (QED) is 0.274. The first-order valence-corrected chi connectivity index (χ1v) is 15.5. The topological polar surface area (TPSA) is 140 Å². The molecule has 12 heteroatoms. The second-order valence-electron chi connectivity index (χ2n) is 12.3. The van der Waals surface area contributed by atoms with E-state index in [1.54, 1.807) is 27.9 Å². The third-order valence-corrected chi connectivity index (χ3v) is 7.79. The predicted octanol–water partition coefficient (Wildman–Crippen LogP) is 4.67. The van der Waals surface area contributed by atoms with Crippen molar-refractivity contribution in [1.82, 2.24) is 20.3 Å². The lowest BCUT2D eigenvalue weighted by Crippen LogP contribution is -2.48. The molecule has 1 fully saturated rings. The Balaban J connectivity index is 1.23. The van der Waals surface area contributed by atoms with E-state index in [2.05, 4.69) is 43.0 Å². The van der Waals surface area contributed by atoms with E-state index in [9.17, 15) is 9.59 Å². The van der Waals surface area contributed by atoms with Crippen LogP contribution in [0.4, 0.5) is 22.2 Å². The fourth-order valence-corrected chi connectivity index (χ4v) is 5.53. The highest BCUT2D eigenvalue weighted by atomic mass is 16.6. The van der Waals surface area contributed by atoms with E-state index in [1.165, 1.54) is 11.9 Å². The SMILES string of the molecule is COc1c(NC[C@H](NC(=O)OCc2ccccc2)C(=O)OC(C)(C)C)ncnc1N1CCC(c2ccc3c(n2)NCCC3)CC1. The van der Waals surface area contributed by atoms with E-state index in [0.717, 1.165) is 62.4 Å². The first-order valence-electron chi connectivity index (χ1n) is 15.5. The minimum absolute atomic E-state index is 0.0116. The molecule has 2 aliphatic rings. The summed E-state index contributed by atoms with van der Waals surface area (Å²) in [4.78, 5) is 41.8. The number of aryl methyl sites for hydroxylation is 1. The molecule has 1 saturated heterocycles. The summed E-state index contributed by atoms with van der Waals surface area (Å²) in [5, 5.41) is 9.23. The van der Waals surface area contributed by atoms with Gasteiger partial charge in [-0.15, -0.1) is 0 Å². The van der Waals surface area contributed by atoms with Crippen molar-refractivity contribution in [2.75, 3.05) is 48.8 Å². The smallest absolute Gasteiger partial charge is 0.408 e. The number of pyridine rings is 1. The van der Waals surface area contributed by atoms with Crippen LogP contribution in [0.3, 0.4) is 0 Å². The van der Waals surface area contributed by atoms with Gasteiger partial charge in [-0.2, -0.15) is 0 Å². The fraction of sp³-hybridized carbons (Fsp3) is 0.485. The molecule has 0 bridgehead atoms. The summed E-state index contributed by atoms with van der Waals surface area (Å²) in [5.41, 5.74) is 2.50. The van der Waals surface area contributed by atoms with Gasteiger partial charge in [0, 0.05) is 37.8 Å². The Labute approximate surface area is 264 Å². The number of benzene rings is 1. The maximum atomic E-state index is 13.1. The highest BCUT2D eigenvalue weighted by Gasteiger charge is 2.30. The zero-order valence-corrected chi connectivity index (χ0v) is 26.5. The number of ether oxygens (including phenoxy) is 3. The first kappa shape index (κ1) is 31.8. The van der Waals surface area contributed by atoms with Gasteiger partial charge in [-0.25, -0.2) is 24.5 Å². The summed E-state index contributed by atoms with van der Waals surface area (Å²) in [6.45, 7) is 7.89. The standard InChI is InChI=1S/C33H43N7O5/c1-33(2,3)45-31(41)26(39-32(42)44-20-22-9-6-5-7-10-22)19-35-29-27(43-4)30(37-21-36-29)40-17-14-23(15-18-40)25-13-12-24-11-8-16-34-28(24)38-25/h5-7,9-10,12-13,21,23,26H,8,11,14-20H2,1-4H3,(H,34,38)(H,39,42)(H,35,36,37)/t26-/m0/s1. The van der Waals surface area contributed by atoms with E-state index in [-0.39, 0.29) is 13.2 Å². The molecule has 1 amide bonds. The van der Waals surface area contributed by atoms with Crippen molar-refractivity contribution in [2.45, 2.75) is 70.6 Å². The second-order valence-corrected chi connectivity index (χ2v) is 12.3. The number of nitrogens with zero attached hydrogens (tertiary/aromatic N) is 4. The van der Waals surface area contributed by atoms with Gasteiger partial charge in [0.25, 0.3) is 0 Å². The average molecular weight is 618 g/mol. The van der Waals surface area contributed by atoms with Gasteiger partial charge < -0.3 is 35.1 Å². The molecule has 3 N–H and O–H groups in total. The Bertz CT molecular complexity index is 1460. The van der Waals surface area contributed by atoms with Gasteiger partial charge in [0.1, 0.15) is 30.4 Å². The zero-order chi connectivity index (χ0) is 31.8. The second kappa shape index (κ2) is 14.4. The third-order valence-electron chi connectivity index (χ3n) is 7.79. The molecule has 2 aromatic heterocycles. The van der Waals surface area contributed by atoms with Gasteiger partial charge in [-0.3, -0.25) is 0 Å². The van der Waals surface area contributed by atoms with E-state index < -0.39 is 23.7 Å². The van der Waals surface area contributed by atoms with Crippen molar-refractivity contribution in [3.8, 4) is 5.75 Å².